The Hall–Kier alpha value is -4.00. The lowest BCUT2D eigenvalue weighted by atomic mass is 10.1. The highest BCUT2D eigenvalue weighted by atomic mass is 16.5. The Morgan fingerprint density at radius 2 is 1.39 bits per heavy atom. The summed E-state index contributed by atoms with van der Waals surface area (Å²) in [4.78, 5) is 27.1. The van der Waals surface area contributed by atoms with E-state index in [0.29, 0.717) is 30.2 Å². The number of anilines is 2. The van der Waals surface area contributed by atoms with Crippen LogP contribution in [0.4, 0.5) is 11.4 Å². The molecule has 0 spiro atoms. The molecule has 0 aliphatic carbocycles. The molecule has 0 fully saturated rings. The van der Waals surface area contributed by atoms with Crippen LogP contribution in [0.1, 0.15) is 37.0 Å². The summed E-state index contributed by atoms with van der Waals surface area (Å²) in [5.41, 5.74) is 2.02. The summed E-state index contributed by atoms with van der Waals surface area (Å²) in [6.45, 7) is 6.54. The van der Waals surface area contributed by atoms with Crippen molar-refractivity contribution >= 4 is 23.2 Å². The van der Waals surface area contributed by atoms with Crippen molar-refractivity contribution in [1.29, 1.82) is 0 Å². The molecule has 0 aromatic heterocycles. The third-order valence-corrected chi connectivity index (χ3v) is 5.34. The van der Waals surface area contributed by atoms with Crippen LogP contribution < -0.4 is 20.1 Å². The number of nitrogens with zero attached hydrogens (tertiary/aromatic N) is 1. The third-order valence-electron chi connectivity index (χ3n) is 5.34. The predicted octanol–water partition coefficient (Wildman–Crippen LogP) is 5.46. The first-order chi connectivity index (χ1) is 17.6. The lowest BCUT2D eigenvalue weighted by molar-refractivity contribution is -0.114. The van der Waals surface area contributed by atoms with Gasteiger partial charge in [0.25, 0.3) is 5.91 Å². The quantitative estimate of drug-likeness (QED) is 0.294. The van der Waals surface area contributed by atoms with Crippen LogP contribution in [0.3, 0.4) is 0 Å². The second-order valence-corrected chi connectivity index (χ2v) is 8.31. The number of hydrogen-bond donors (Lipinski definition) is 2. The molecular formula is C29H35N3O4. The maximum absolute atomic E-state index is 12.8. The molecular weight excluding hydrogens is 454 g/mol. The van der Waals surface area contributed by atoms with Gasteiger partial charge in [-0.15, -0.1) is 0 Å². The maximum atomic E-state index is 12.8. The monoisotopic (exact) mass is 489 g/mol. The molecule has 2 amide bonds. The summed E-state index contributed by atoms with van der Waals surface area (Å²) in [5, 5.41) is 5.96. The summed E-state index contributed by atoms with van der Waals surface area (Å²) in [7, 11) is 0. The Kier molecular flexibility index (Phi) is 10.6. The van der Waals surface area contributed by atoms with Crippen molar-refractivity contribution in [3.63, 3.8) is 0 Å². The van der Waals surface area contributed by atoms with Crippen LogP contribution >= 0.6 is 0 Å². The lowest BCUT2D eigenvalue weighted by Gasteiger charge is -2.21. The van der Waals surface area contributed by atoms with Gasteiger partial charge in [0.2, 0.25) is 5.91 Å². The van der Waals surface area contributed by atoms with E-state index in [0.717, 1.165) is 37.4 Å². The summed E-state index contributed by atoms with van der Waals surface area (Å²) in [6, 6.07) is 24.1. The molecule has 0 aliphatic rings. The van der Waals surface area contributed by atoms with Crippen molar-refractivity contribution in [1.82, 2.24) is 4.90 Å². The van der Waals surface area contributed by atoms with Gasteiger partial charge < -0.3 is 25.0 Å². The van der Waals surface area contributed by atoms with Crippen molar-refractivity contribution in [2.75, 3.05) is 43.5 Å². The molecule has 190 valence electrons. The molecule has 3 rings (SSSR count). The van der Waals surface area contributed by atoms with Gasteiger partial charge in [-0.05, 0) is 67.4 Å². The Bertz CT molecular complexity index is 1080. The van der Waals surface area contributed by atoms with Crippen LogP contribution in [-0.2, 0) is 4.79 Å². The van der Waals surface area contributed by atoms with Gasteiger partial charge in [-0.3, -0.25) is 9.59 Å². The first kappa shape index (κ1) is 26.6. The van der Waals surface area contributed by atoms with Crippen molar-refractivity contribution < 1.29 is 19.1 Å². The molecule has 0 unspecified atom stereocenters. The topological polar surface area (TPSA) is 79.9 Å². The Morgan fingerprint density at radius 1 is 0.750 bits per heavy atom. The van der Waals surface area contributed by atoms with Gasteiger partial charge in [0.05, 0.1) is 6.54 Å². The Balaban J connectivity index is 1.43. The number of ether oxygens (including phenoxy) is 2. The normalized spacial score (nSPS) is 10.4. The fraction of sp³-hybridized carbons (Fsp3) is 0.310. The van der Waals surface area contributed by atoms with Crippen LogP contribution in [0.5, 0.6) is 11.5 Å². The predicted molar refractivity (Wildman–Crippen MR) is 144 cm³/mol. The standard InChI is InChI=1S/C29H35N3O4/c1-3-17-32(18-4-2)29(34)23-9-8-10-25(21-23)30-22-28(33)31-24-13-15-27(16-14-24)36-20-19-35-26-11-6-5-7-12-26/h5-16,21,30H,3-4,17-20,22H2,1-2H3,(H,31,33). The smallest absolute Gasteiger partial charge is 0.253 e. The van der Waals surface area contributed by atoms with E-state index in [2.05, 4.69) is 24.5 Å². The number of benzene rings is 3. The van der Waals surface area contributed by atoms with Crippen molar-refractivity contribution in [2.24, 2.45) is 0 Å². The molecule has 0 aliphatic heterocycles. The van der Waals surface area contributed by atoms with Gasteiger partial charge in [-0.1, -0.05) is 38.1 Å². The largest absolute Gasteiger partial charge is 0.490 e. The van der Waals surface area contributed by atoms with E-state index in [9.17, 15) is 9.59 Å². The van der Waals surface area contributed by atoms with E-state index >= 15 is 0 Å². The number of hydrogen-bond acceptors (Lipinski definition) is 5. The number of carbonyl (C=O) groups is 2. The Labute approximate surface area is 213 Å². The van der Waals surface area contributed by atoms with Gasteiger partial charge in [-0.2, -0.15) is 0 Å². The first-order valence-electron chi connectivity index (χ1n) is 12.4. The lowest BCUT2D eigenvalue weighted by Crippen LogP contribution is -2.32. The number of nitrogens with one attached hydrogen (secondary N) is 2. The van der Waals surface area contributed by atoms with Crippen LogP contribution in [0.2, 0.25) is 0 Å². The third kappa shape index (κ3) is 8.65. The number of rotatable bonds is 14. The molecule has 36 heavy (non-hydrogen) atoms. The minimum Gasteiger partial charge on any atom is -0.490 e. The maximum Gasteiger partial charge on any atom is 0.253 e. The van der Waals surface area contributed by atoms with Crippen LogP contribution in [0.15, 0.2) is 78.9 Å². The van der Waals surface area contributed by atoms with Gasteiger partial charge in [0, 0.05) is 30.0 Å². The van der Waals surface area contributed by atoms with E-state index in [1.54, 1.807) is 30.3 Å². The van der Waals surface area contributed by atoms with Crippen molar-refractivity contribution in [2.45, 2.75) is 26.7 Å². The molecule has 7 nitrogen and oxygen atoms in total. The second-order valence-electron chi connectivity index (χ2n) is 8.31. The molecule has 0 heterocycles. The highest BCUT2D eigenvalue weighted by molar-refractivity contribution is 5.96. The van der Waals surface area contributed by atoms with Gasteiger partial charge in [0.1, 0.15) is 24.7 Å². The van der Waals surface area contributed by atoms with E-state index in [1.165, 1.54) is 0 Å². The highest BCUT2D eigenvalue weighted by Crippen LogP contribution is 2.17. The van der Waals surface area contributed by atoms with Crippen LogP contribution in [-0.4, -0.2) is 49.6 Å². The second kappa shape index (κ2) is 14.4. The summed E-state index contributed by atoms with van der Waals surface area (Å²) in [6.07, 6.45) is 1.83. The molecule has 0 saturated heterocycles. The van der Waals surface area contributed by atoms with E-state index < -0.39 is 0 Å². The molecule has 7 heteroatoms. The average molecular weight is 490 g/mol. The molecule has 3 aromatic carbocycles. The van der Waals surface area contributed by atoms with Gasteiger partial charge in [-0.25, -0.2) is 0 Å². The molecule has 0 saturated carbocycles. The van der Waals surface area contributed by atoms with Crippen LogP contribution in [0.25, 0.3) is 0 Å². The Morgan fingerprint density at radius 3 is 2.03 bits per heavy atom. The first-order valence-corrected chi connectivity index (χ1v) is 12.4. The van der Waals surface area contributed by atoms with Gasteiger partial charge in [0.15, 0.2) is 0 Å². The summed E-state index contributed by atoms with van der Waals surface area (Å²) in [5.74, 6) is 1.33. The molecule has 2 N–H and O–H groups in total. The molecule has 0 bridgehead atoms. The average Bonchev–Trinajstić information content (AvgIpc) is 2.91. The van der Waals surface area contributed by atoms with Crippen LogP contribution in [0, 0.1) is 0 Å². The van der Waals surface area contributed by atoms with Crippen molar-refractivity contribution in [3.8, 4) is 11.5 Å². The van der Waals surface area contributed by atoms with E-state index in [1.807, 2.05) is 53.4 Å². The SMILES string of the molecule is CCCN(CCC)C(=O)c1cccc(NCC(=O)Nc2ccc(OCCOc3ccccc3)cc2)c1. The molecule has 0 atom stereocenters. The fourth-order valence-corrected chi connectivity index (χ4v) is 3.66. The van der Waals surface area contributed by atoms with E-state index in [-0.39, 0.29) is 18.4 Å². The highest BCUT2D eigenvalue weighted by Gasteiger charge is 2.14. The minimum absolute atomic E-state index is 0.0146. The number of para-hydroxylation sites is 1. The van der Waals surface area contributed by atoms with Gasteiger partial charge >= 0.3 is 0 Å². The minimum atomic E-state index is -0.185. The molecule has 0 radical (unpaired) electrons. The molecule has 3 aromatic rings. The zero-order chi connectivity index (χ0) is 25.6. The zero-order valence-corrected chi connectivity index (χ0v) is 21.0. The number of carbonyl (C=O) groups excluding carboxylic acids is 2. The summed E-state index contributed by atoms with van der Waals surface area (Å²) < 4.78 is 11.3. The zero-order valence-electron chi connectivity index (χ0n) is 21.0. The summed E-state index contributed by atoms with van der Waals surface area (Å²) >= 11 is 0. The van der Waals surface area contributed by atoms with Crippen molar-refractivity contribution in [3.05, 3.63) is 84.4 Å². The van der Waals surface area contributed by atoms with E-state index in [4.69, 9.17) is 9.47 Å². The fourth-order valence-electron chi connectivity index (χ4n) is 3.66. The number of amides is 2.